The molecule has 106 valence electrons. The van der Waals surface area contributed by atoms with Gasteiger partial charge in [-0.2, -0.15) is 0 Å². The molecule has 0 aliphatic rings. The van der Waals surface area contributed by atoms with Crippen LogP contribution in [-0.4, -0.2) is 33.6 Å². The SMILES string of the molecule is CCNc1cc(-c2nccnc2OC)nc(C(C)C)n1. The minimum atomic E-state index is 0.232. The molecule has 20 heavy (non-hydrogen) atoms. The van der Waals surface area contributed by atoms with Gasteiger partial charge in [-0.1, -0.05) is 13.8 Å². The quantitative estimate of drug-likeness (QED) is 0.902. The highest BCUT2D eigenvalue weighted by Crippen LogP contribution is 2.26. The van der Waals surface area contributed by atoms with E-state index in [1.54, 1.807) is 19.5 Å². The third-order valence-electron chi connectivity index (χ3n) is 2.72. The first-order valence-corrected chi connectivity index (χ1v) is 6.64. The first kappa shape index (κ1) is 14.2. The lowest BCUT2D eigenvalue weighted by atomic mass is 10.2. The summed E-state index contributed by atoms with van der Waals surface area (Å²) in [7, 11) is 1.57. The van der Waals surface area contributed by atoms with E-state index in [1.165, 1.54) is 0 Å². The van der Waals surface area contributed by atoms with Crippen molar-refractivity contribution >= 4 is 5.82 Å². The first-order chi connectivity index (χ1) is 9.65. The third-order valence-corrected chi connectivity index (χ3v) is 2.72. The van der Waals surface area contributed by atoms with Crippen LogP contribution < -0.4 is 10.1 Å². The van der Waals surface area contributed by atoms with Crippen molar-refractivity contribution in [2.45, 2.75) is 26.7 Å². The molecule has 0 bridgehead atoms. The van der Waals surface area contributed by atoms with E-state index in [-0.39, 0.29) is 5.92 Å². The van der Waals surface area contributed by atoms with Crippen LogP contribution in [0.5, 0.6) is 5.88 Å². The second-order valence-electron chi connectivity index (χ2n) is 4.60. The van der Waals surface area contributed by atoms with Crippen molar-refractivity contribution in [2.75, 3.05) is 19.0 Å². The smallest absolute Gasteiger partial charge is 0.241 e. The van der Waals surface area contributed by atoms with Gasteiger partial charge in [0, 0.05) is 30.9 Å². The van der Waals surface area contributed by atoms with Gasteiger partial charge < -0.3 is 10.1 Å². The zero-order valence-corrected chi connectivity index (χ0v) is 12.2. The number of rotatable bonds is 5. The fourth-order valence-electron chi connectivity index (χ4n) is 1.77. The largest absolute Gasteiger partial charge is 0.479 e. The summed E-state index contributed by atoms with van der Waals surface area (Å²) in [4.78, 5) is 17.5. The van der Waals surface area contributed by atoms with Crippen molar-refractivity contribution in [3.8, 4) is 17.3 Å². The van der Waals surface area contributed by atoms with Gasteiger partial charge in [0.1, 0.15) is 17.3 Å². The maximum atomic E-state index is 5.25. The normalized spacial score (nSPS) is 10.7. The molecule has 0 fully saturated rings. The molecule has 2 aromatic rings. The van der Waals surface area contributed by atoms with Gasteiger partial charge in [-0.05, 0) is 6.92 Å². The number of nitrogens with zero attached hydrogens (tertiary/aromatic N) is 4. The van der Waals surface area contributed by atoms with Crippen molar-refractivity contribution in [1.82, 2.24) is 19.9 Å². The lowest BCUT2D eigenvalue weighted by Crippen LogP contribution is -2.07. The Kier molecular flexibility index (Phi) is 4.45. The zero-order valence-electron chi connectivity index (χ0n) is 12.2. The molecule has 0 aromatic carbocycles. The average molecular weight is 273 g/mol. The summed E-state index contributed by atoms with van der Waals surface area (Å²) >= 11 is 0. The van der Waals surface area contributed by atoms with Crippen molar-refractivity contribution < 1.29 is 4.74 Å². The Balaban J connectivity index is 2.54. The summed E-state index contributed by atoms with van der Waals surface area (Å²) in [5.74, 6) is 2.25. The lowest BCUT2D eigenvalue weighted by Gasteiger charge is -2.11. The molecule has 0 spiro atoms. The Labute approximate surface area is 118 Å². The summed E-state index contributed by atoms with van der Waals surface area (Å²) in [5, 5.41) is 3.21. The van der Waals surface area contributed by atoms with Gasteiger partial charge in [0.05, 0.1) is 7.11 Å². The molecular formula is C14H19N5O. The minimum Gasteiger partial charge on any atom is -0.479 e. The van der Waals surface area contributed by atoms with Crippen molar-refractivity contribution in [3.63, 3.8) is 0 Å². The minimum absolute atomic E-state index is 0.232. The van der Waals surface area contributed by atoms with Crippen LogP contribution in [0.1, 0.15) is 32.5 Å². The van der Waals surface area contributed by atoms with E-state index < -0.39 is 0 Å². The Morgan fingerprint density at radius 3 is 2.60 bits per heavy atom. The molecule has 6 nitrogen and oxygen atoms in total. The van der Waals surface area contributed by atoms with E-state index in [1.807, 2.05) is 13.0 Å². The number of hydrogen-bond acceptors (Lipinski definition) is 6. The Hall–Kier alpha value is -2.24. The van der Waals surface area contributed by atoms with Crippen LogP contribution >= 0.6 is 0 Å². The Morgan fingerprint density at radius 1 is 1.20 bits per heavy atom. The topological polar surface area (TPSA) is 72.8 Å². The number of methoxy groups -OCH3 is 1. The van der Waals surface area contributed by atoms with E-state index in [0.29, 0.717) is 17.3 Å². The molecule has 0 aliphatic carbocycles. The predicted molar refractivity (Wildman–Crippen MR) is 77.9 cm³/mol. The number of anilines is 1. The highest BCUT2D eigenvalue weighted by atomic mass is 16.5. The number of nitrogens with one attached hydrogen (secondary N) is 1. The second-order valence-corrected chi connectivity index (χ2v) is 4.60. The van der Waals surface area contributed by atoms with Gasteiger partial charge in [0.2, 0.25) is 5.88 Å². The maximum absolute atomic E-state index is 5.25. The van der Waals surface area contributed by atoms with E-state index >= 15 is 0 Å². The fourth-order valence-corrected chi connectivity index (χ4v) is 1.77. The maximum Gasteiger partial charge on any atom is 0.241 e. The van der Waals surface area contributed by atoms with Crippen LogP contribution in [0.4, 0.5) is 5.82 Å². The van der Waals surface area contributed by atoms with Gasteiger partial charge in [-0.25, -0.2) is 19.9 Å². The van der Waals surface area contributed by atoms with Crippen LogP contribution in [-0.2, 0) is 0 Å². The molecule has 2 rings (SSSR count). The van der Waals surface area contributed by atoms with Crippen LogP contribution in [0.2, 0.25) is 0 Å². The number of ether oxygens (including phenoxy) is 1. The van der Waals surface area contributed by atoms with E-state index in [2.05, 4.69) is 39.1 Å². The van der Waals surface area contributed by atoms with Crippen LogP contribution in [0.25, 0.3) is 11.4 Å². The van der Waals surface area contributed by atoms with E-state index in [4.69, 9.17) is 4.74 Å². The lowest BCUT2D eigenvalue weighted by molar-refractivity contribution is 0.397. The number of hydrogen-bond donors (Lipinski definition) is 1. The third kappa shape index (κ3) is 3.01. The molecule has 0 saturated heterocycles. The fraction of sp³-hybridized carbons (Fsp3) is 0.429. The van der Waals surface area contributed by atoms with Crippen molar-refractivity contribution in [2.24, 2.45) is 0 Å². The summed E-state index contributed by atoms with van der Waals surface area (Å²) in [6.07, 6.45) is 3.22. The molecule has 0 saturated carbocycles. The second kappa shape index (κ2) is 6.27. The highest BCUT2D eigenvalue weighted by Gasteiger charge is 2.14. The standard InChI is InChI=1S/C14H19N5O/c1-5-15-11-8-10(18-13(19-11)9(2)3)12-14(20-4)17-7-6-16-12/h6-9H,5H2,1-4H3,(H,15,18,19). The molecule has 0 atom stereocenters. The molecule has 0 aliphatic heterocycles. The molecule has 0 unspecified atom stereocenters. The molecule has 2 heterocycles. The zero-order chi connectivity index (χ0) is 14.5. The predicted octanol–water partition coefficient (Wildman–Crippen LogP) is 2.50. The van der Waals surface area contributed by atoms with Gasteiger partial charge in [0.25, 0.3) is 0 Å². The molecule has 0 radical (unpaired) electrons. The average Bonchev–Trinajstić information content (AvgIpc) is 2.47. The molecule has 0 amide bonds. The number of aromatic nitrogens is 4. The summed E-state index contributed by atoms with van der Waals surface area (Å²) in [6.45, 7) is 6.94. The van der Waals surface area contributed by atoms with Gasteiger partial charge in [-0.15, -0.1) is 0 Å². The van der Waals surface area contributed by atoms with Gasteiger partial charge in [-0.3, -0.25) is 0 Å². The van der Waals surface area contributed by atoms with Crippen molar-refractivity contribution in [3.05, 3.63) is 24.3 Å². The molecule has 2 aromatic heterocycles. The van der Waals surface area contributed by atoms with E-state index in [9.17, 15) is 0 Å². The summed E-state index contributed by atoms with van der Waals surface area (Å²) in [6, 6.07) is 1.86. The Morgan fingerprint density at radius 2 is 1.95 bits per heavy atom. The Bertz CT molecular complexity index is 586. The van der Waals surface area contributed by atoms with Crippen LogP contribution in [0, 0.1) is 0 Å². The van der Waals surface area contributed by atoms with Crippen molar-refractivity contribution in [1.29, 1.82) is 0 Å². The summed E-state index contributed by atoms with van der Waals surface area (Å²) < 4.78 is 5.25. The van der Waals surface area contributed by atoms with Crippen LogP contribution in [0.15, 0.2) is 18.5 Å². The summed E-state index contributed by atoms with van der Waals surface area (Å²) in [5.41, 5.74) is 1.34. The van der Waals surface area contributed by atoms with Gasteiger partial charge >= 0.3 is 0 Å². The van der Waals surface area contributed by atoms with Crippen LogP contribution in [0.3, 0.4) is 0 Å². The first-order valence-electron chi connectivity index (χ1n) is 6.64. The molecule has 6 heteroatoms. The monoisotopic (exact) mass is 273 g/mol. The molecular weight excluding hydrogens is 254 g/mol. The molecule has 1 N–H and O–H groups in total. The van der Waals surface area contributed by atoms with Gasteiger partial charge in [0.15, 0.2) is 5.69 Å². The van der Waals surface area contributed by atoms with E-state index in [0.717, 1.165) is 18.2 Å². The highest BCUT2D eigenvalue weighted by molar-refractivity contribution is 5.63.